The number of ether oxygens (including phenoxy) is 2. The van der Waals surface area contributed by atoms with E-state index >= 15 is 0 Å². The summed E-state index contributed by atoms with van der Waals surface area (Å²) in [5, 5.41) is 3.23. The van der Waals surface area contributed by atoms with Crippen molar-refractivity contribution >= 4 is 29.2 Å². The van der Waals surface area contributed by atoms with Crippen molar-refractivity contribution in [1.29, 1.82) is 0 Å². The largest absolute Gasteiger partial charge is 0.479 e. The summed E-state index contributed by atoms with van der Waals surface area (Å²) >= 11 is 6.03. The van der Waals surface area contributed by atoms with Crippen molar-refractivity contribution in [2.45, 2.75) is 26.9 Å². The minimum atomic E-state index is -0.732. The van der Waals surface area contributed by atoms with Crippen molar-refractivity contribution in [2.24, 2.45) is 0 Å². The summed E-state index contributed by atoms with van der Waals surface area (Å²) < 4.78 is 10.6. The van der Waals surface area contributed by atoms with Crippen molar-refractivity contribution in [1.82, 2.24) is 0 Å². The van der Waals surface area contributed by atoms with Gasteiger partial charge >= 0.3 is 5.97 Å². The van der Waals surface area contributed by atoms with E-state index < -0.39 is 6.10 Å². The second-order valence-corrected chi connectivity index (χ2v) is 5.84. The molecule has 0 heterocycles. The van der Waals surface area contributed by atoms with Gasteiger partial charge in [0.15, 0.2) is 6.10 Å². The van der Waals surface area contributed by atoms with E-state index in [-0.39, 0.29) is 11.9 Å². The summed E-state index contributed by atoms with van der Waals surface area (Å²) in [6.07, 6.45) is -0.732. The van der Waals surface area contributed by atoms with Gasteiger partial charge in [0, 0.05) is 5.69 Å². The maximum atomic E-state index is 12.3. The number of hydrogen-bond donors (Lipinski definition) is 1. The lowest BCUT2D eigenvalue weighted by atomic mass is 10.1. The van der Waals surface area contributed by atoms with Gasteiger partial charge in [-0.2, -0.15) is 0 Å². The van der Waals surface area contributed by atoms with Crippen LogP contribution in [0.5, 0.6) is 5.75 Å². The summed E-state index contributed by atoms with van der Waals surface area (Å²) in [7, 11) is 0. The van der Waals surface area contributed by atoms with Crippen LogP contribution < -0.4 is 10.1 Å². The molecule has 0 radical (unpaired) electrons. The summed E-state index contributed by atoms with van der Waals surface area (Å²) in [4.78, 5) is 24.1. The number of anilines is 1. The summed E-state index contributed by atoms with van der Waals surface area (Å²) in [6, 6.07) is 11.9. The van der Waals surface area contributed by atoms with Crippen molar-refractivity contribution in [3.63, 3.8) is 0 Å². The van der Waals surface area contributed by atoms with Gasteiger partial charge in [-0.05, 0) is 56.7 Å². The lowest BCUT2D eigenvalue weighted by Gasteiger charge is -2.16. The van der Waals surface area contributed by atoms with Crippen molar-refractivity contribution in [3.8, 4) is 5.75 Å². The summed E-state index contributed by atoms with van der Waals surface area (Å²) in [6.45, 7) is 5.51. The molecule has 6 heteroatoms. The number of halogens is 1. The van der Waals surface area contributed by atoms with Gasteiger partial charge in [0.1, 0.15) is 5.75 Å². The maximum absolute atomic E-state index is 12.3. The van der Waals surface area contributed by atoms with Gasteiger partial charge in [0.25, 0.3) is 5.91 Å². The number of rotatable bonds is 6. The molecule has 1 atom stereocenters. The second kappa shape index (κ2) is 8.53. The number of aryl methyl sites for hydroxylation is 1. The number of hydrogen-bond acceptors (Lipinski definition) is 4. The van der Waals surface area contributed by atoms with E-state index in [0.717, 1.165) is 5.56 Å². The quantitative estimate of drug-likeness (QED) is 0.782. The molecule has 0 aliphatic heterocycles. The van der Waals surface area contributed by atoms with E-state index in [0.29, 0.717) is 28.6 Å². The zero-order valence-corrected chi connectivity index (χ0v) is 15.1. The standard InChI is InChI=1S/C19H20ClNO4/c1-4-24-19(23)14-9-10-16(12(2)11-14)21-18(22)13(3)25-17-8-6-5-7-15(17)20/h5-11,13H,4H2,1-3H3,(H,21,22). The molecule has 0 aromatic heterocycles. The number of carbonyl (C=O) groups is 2. The number of nitrogens with one attached hydrogen (secondary N) is 1. The fourth-order valence-electron chi connectivity index (χ4n) is 2.16. The van der Waals surface area contributed by atoms with Crippen LogP contribution in [0.25, 0.3) is 0 Å². The minimum absolute atomic E-state index is 0.313. The van der Waals surface area contributed by atoms with E-state index in [4.69, 9.17) is 21.1 Å². The van der Waals surface area contributed by atoms with Gasteiger partial charge in [-0.1, -0.05) is 23.7 Å². The zero-order valence-electron chi connectivity index (χ0n) is 14.3. The van der Waals surface area contributed by atoms with Crippen LogP contribution in [0.3, 0.4) is 0 Å². The third kappa shape index (κ3) is 4.97. The molecule has 0 saturated carbocycles. The Morgan fingerprint density at radius 2 is 1.92 bits per heavy atom. The molecular formula is C19H20ClNO4. The predicted molar refractivity (Wildman–Crippen MR) is 97.3 cm³/mol. The first-order chi connectivity index (χ1) is 11.9. The molecule has 0 aliphatic rings. The van der Waals surface area contributed by atoms with E-state index in [9.17, 15) is 9.59 Å². The van der Waals surface area contributed by atoms with Gasteiger partial charge < -0.3 is 14.8 Å². The van der Waals surface area contributed by atoms with Crippen molar-refractivity contribution in [3.05, 3.63) is 58.6 Å². The third-order valence-corrected chi connectivity index (χ3v) is 3.82. The smallest absolute Gasteiger partial charge is 0.338 e. The van der Waals surface area contributed by atoms with Gasteiger partial charge in [-0.25, -0.2) is 4.79 Å². The predicted octanol–water partition coefficient (Wildman–Crippen LogP) is 4.23. The van der Waals surface area contributed by atoms with Crippen LogP contribution in [0.2, 0.25) is 5.02 Å². The Hall–Kier alpha value is -2.53. The molecule has 2 aromatic rings. The van der Waals surface area contributed by atoms with Gasteiger partial charge in [-0.3, -0.25) is 4.79 Å². The SMILES string of the molecule is CCOC(=O)c1ccc(NC(=O)C(C)Oc2ccccc2Cl)c(C)c1. The average Bonchev–Trinajstić information content (AvgIpc) is 2.58. The van der Waals surface area contributed by atoms with Crippen molar-refractivity contribution < 1.29 is 19.1 Å². The van der Waals surface area contributed by atoms with Crippen LogP contribution in [-0.2, 0) is 9.53 Å². The van der Waals surface area contributed by atoms with Crippen LogP contribution >= 0.6 is 11.6 Å². The third-order valence-electron chi connectivity index (χ3n) is 3.51. The molecule has 5 nitrogen and oxygen atoms in total. The number of carbonyl (C=O) groups excluding carboxylic acids is 2. The molecule has 0 spiro atoms. The zero-order chi connectivity index (χ0) is 18.4. The Morgan fingerprint density at radius 1 is 1.20 bits per heavy atom. The van der Waals surface area contributed by atoms with Gasteiger partial charge in [0.05, 0.1) is 17.2 Å². The van der Waals surface area contributed by atoms with Crippen molar-refractivity contribution in [2.75, 3.05) is 11.9 Å². The maximum Gasteiger partial charge on any atom is 0.338 e. The molecule has 25 heavy (non-hydrogen) atoms. The Morgan fingerprint density at radius 3 is 2.56 bits per heavy atom. The molecule has 2 rings (SSSR count). The fraction of sp³-hybridized carbons (Fsp3) is 0.263. The molecular weight excluding hydrogens is 342 g/mol. The van der Waals surface area contributed by atoms with Gasteiger partial charge in [-0.15, -0.1) is 0 Å². The molecule has 1 N–H and O–H groups in total. The first-order valence-electron chi connectivity index (χ1n) is 7.92. The van der Waals surface area contributed by atoms with E-state index in [1.54, 1.807) is 63.2 Å². The Labute approximate surface area is 151 Å². The number of amides is 1. The van der Waals surface area contributed by atoms with E-state index in [1.165, 1.54) is 0 Å². The van der Waals surface area contributed by atoms with E-state index in [1.807, 2.05) is 0 Å². The van der Waals surface area contributed by atoms with Crippen LogP contribution in [0.4, 0.5) is 5.69 Å². The fourth-order valence-corrected chi connectivity index (χ4v) is 2.34. The Bertz CT molecular complexity index is 776. The Kier molecular flexibility index (Phi) is 6.42. The van der Waals surface area contributed by atoms with Crippen LogP contribution in [0.1, 0.15) is 29.8 Å². The Balaban J connectivity index is 2.04. The normalized spacial score (nSPS) is 11.5. The monoisotopic (exact) mass is 361 g/mol. The highest BCUT2D eigenvalue weighted by molar-refractivity contribution is 6.32. The van der Waals surface area contributed by atoms with E-state index in [2.05, 4.69) is 5.32 Å². The highest BCUT2D eigenvalue weighted by Crippen LogP contribution is 2.25. The molecule has 1 amide bonds. The first-order valence-corrected chi connectivity index (χ1v) is 8.30. The number of esters is 1. The molecule has 0 fully saturated rings. The van der Waals surface area contributed by atoms with Crippen LogP contribution in [-0.4, -0.2) is 24.6 Å². The average molecular weight is 362 g/mol. The molecule has 0 bridgehead atoms. The summed E-state index contributed by atoms with van der Waals surface area (Å²) in [5.74, 6) is -0.257. The molecule has 0 saturated heterocycles. The number of para-hydroxylation sites is 1. The first kappa shape index (κ1) is 18.8. The van der Waals surface area contributed by atoms with Crippen LogP contribution in [0.15, 0.2) is 42.5 Å². The molecule has 0 aliphatic carbocycles. The minimum Gasteiger partial charge on any atom is -0.479 e. The molecule has 132 valence electrons. The molecule has 1 unspecified atom stereocenters. The topological polar surface area (TPSA) is 64.6 Å². The lowest BCUT2D eigenvalue weighted by molar-refractivity contribution is -0.122. The highest BCUT2D eigenvalue weighted by Gasteiger charge is 2.17. The number of benzene rings is 2. The molecule has 2 aromatic carbocycles. The summed E-state index contributed by atoms with van der Waals surface area (Å²) in [5.41, 5.74) is 1.80. The lowest BCUT2D eigenvalue weighted by Crippen LogP contribution is -2.30. The van der Waals surface area contributed by atoms with Crippen LogP contribution in [0, 0.1) is 6.92 Å². The van der Waals surface area contributed by atoms with Gasteiger partial charge in [0.2, 0.25) is 0 Å². The second-order valence-electron chi connectivity index (χ2n) is 5.43. The highest BCUT2D eigenvalue weighted by atomic mass is 35.5.